The number of hydrogen-bond donors (Lipinski definition) is 1. The number of halogens is 1. The first-order valence-electron chi connectivity index (χ1n) is 11.9. The molecule has 2 aromatic heterocycles. The lowest BCUT2D eigenvalue weighted by molar-refractivity contribution is 0.0691. The number of carboxylic acids is 1. The molecule has 9 nitrogen and oxygen atoms in total. The predicted molar refractivity (Wildman–Crippen MR) is 132 cm³/mol. The number of aromatic carboxylic acids is 1. The first-order chi connectivity index (χ1) is 17.3. The monoisotopic (exact) mass is 494 g/mol. The number of likely N-dealkylation sites (N-methyl/N-ethyl adjacent to an activating group) is 1. The number of amides is 1. The molecule has 1 aliphatic carbocycles. The van der Waals surface area contributed by atoms with Gasteiger partial charge < -0.3 is 24.2 Å². The molecule has 0 bridgehead atoms. The Morgan fingerprint density at radius 2 is 2.06 bits per heavy atom. The van der Waals surface area contributed by atoms with Crippen LogP contribution in [0.5, 0.6) is 5.75 Å². The molecule has 36 heavy (non-hydrogen) atoms. The lowest BCUT2D eigenvalue weighted by Crippen LogP contribution is -2.49. The molecule has 1 aromatic carbocycles. The lowest BCUT2D eigenvalue weighted by Gasteiger charge is -2.39. The number of methoxy groups -OCH3 is 1. The zero-order valence-corrected chi connectivity index (χ0v) is 20.1. The number of pyridine rings is 2. The number of benzene rings is 1. The van der Waals surface area contributed by atoms with Crippen molar-refractivity contribution in [1.82, 2.24) is 14.5 Å². The minimum atomic E-state index is -1.35. The normalized spacial score (nSPS) is 17.8. The zero-order valence-electron chi connectivity index (χ0n) is 20.1. The molecular weight excluding hydrogens is 467 g/mol. The van der Waals surface area contributed by atoms with Crippen LogP contribution in [0.25, 0.3) is 10.9 Å². The largest absolute Gasteiger partial charge is 0.492 e. The van der Waals surface area contributed by atoms with Crippen molar-refractivity contribution >= 4 is 28.5 Å². The number of nitrogens with zero attached hydrogens (tertiary/aromatic N) is 4. The van der Waals surface area contributed by atoms with E-state index in [4.69, 9.17) is 4.74 Å². The Balaban J connectivity index is 1.57. The molecule has 3 aromatic rings. The number of hydrogen-bond acceptors (Lipinski definition) is 6. The molecule has 5 rings (SSSR count). The summed E-state index contributed by atoms with van der Waals surface area (Å²) < 4.78 is 23.1. The fourth-order valence-corrected chi connectivity index (χ4v) is 5.06. The van der Waals surface area contributed by atoms with Crippen LogP contribution in [0.15, 0.2) is 41.6 Å². The summed E-state index contributed by atoms with van der Waals surface area (Å²) in [6.45, 7) is 0.924. The summed E-state index contributed by atoms with van der Waals surface area (Å²) in [7, 11) is 3.15. The Bertz CT molecular complexity index is 1400. The number of aromatic nitrogens is 2. The highest BCUT2D eigenvalue weighted by Gasteiger charge is 2.34. The van der Waals surface area contributed by atoms with Gasteiger partial charge in [0.1, 0.15) is 11.3 Å². The maximum Gasteiger partial charge on any atom is 0.341 e. The molecule has 1 N–H and O–H groups in total. The molecule has 1 saturated heterocycles. The van der Waals surface area contributed by atoms with E-state index in [9.17, 15) is 19.5 Å². The number of carboxylic acid groups (broad SMARTS) is 1. The summed E-state index contributed by atoms with van der Waals surface area (Å²) in [5.41, 5.74) is -0.0370. The van der Waals surface area contributed by atoms with E-state index < -0.39 is 22.8 Å². The molecule has 1 amide bonds. The van der Waals surface area contributed by atoms with Crippen molar-refractivity contribution in [3.05, 3.63) is 64.0 Å². The number of piperidine rings is 1. The van der Waals surface area contributed by atoms with Gasteiger partial charge in [-0.15, -0.1) is 0 Å². The fourth-order valence-electron chi connectivity index (χ4n) is 5.06. The third-order valence-electron chi connectivity index (χ3n) is 7.06. The van der Waals surface area contributed by atoms with E-state index in [-0.39, 0.29) is 34.8 Å². The van der Waals surface area contributed by atoms with Crippen molar-refractivity contribution < 1.29 is 23.8 Å². The predicted octanol–water partition coefficient (Wildman–Crippen LogP) is 3.32. The molecule has 188 valence electrons. The minimum absolute atomic E-state index is 0.0164. The molecule has 10 heteroatoms. The number of carbonyl (C=O) groups excluding carboxylic acids is 1. The van der Waals surface area contributed by atoms with E-state index in [0.29, 0.717) is 24.2 Å². The first-order valence-corrected chi connectivity index (χ1v) is 11.9. The molecule has 1 aliphatic heterocycles. The maximum absolute atomic E-state index is 15.7. The van der Waals surface area contributed by atoms with Crippen molar-refractivity contribution in [2.24, 2.45) is 0 Å². The first kappa shape index (κ1) is 23.8. The number of rotatable bonds is 6. The van der Waals surface area contributed by atoms with Crippen LogP contribution >= 0.6 is 0 Å². The molecule has 2 aliphatic rings. The molecule has 1 saturated carbocycles. The van der Waals surface area contributed by atoms with Gasteiger partial charge in [0.25, 0.3) is 5.91 Å². The van der Waals surface area contributed by atoms with E-state index in [1.807, 2.05) is 4.90 Å². The van der Waals surface area contributed by atoms with Crippen molar-refractivity contribution in [2.75, 3.05) is 32.1 Å². The average Bonchev–Trinajstić information content (AvgIpc) is 3.73. The van der Waals surface area contributed by atoms with Gasteiger partial charge >= 0.3 is 5.97 Å². The van der Waals surface area contributed by atoms with E-state index in [1.165, 1.54) is 19.5 Å². The SMILES string of the molecule is COc1c(N2CCCC(N(C)C(=O)c3cccnc3)C2)c(F)cc2c(=O)c(C(=O)O)cn(C3CC3)c12. The van der Waals surface area contributed by atoms with Gasteiger partial charge in [0.05, 0.1) is 23.6 Å². The van der Waals surface area contributed by atoms with Gasteiger partial charge in [0, 0.05) is 50.8 Å². The zero-order chi connectivity index (χ0) is 25.6. The highest BCUT2D eigenvalue weighted by molar-refractivity contribution is 5.97. The second-order valence-corrected chi connectivity index (χ2v) is 9.35. The van der Waals surface area contributed by atoms with Crippen LogP contribution in [0.3, 0.4) is 0 Å². The smallest absolute Gasteiger partial charge is 0.341 e. The fraction of sp³-hybridized carbons (Fsp3) is 0.385. The third-order valence-corrected chi connectivity index (χ3v) is 7.06. The van der Waals surface area contributed by atoms with Gasteiger partial charge in [-0.1, -0.05) is 0 Å². The van der Waals surface area contributed by atoms with Crippen molar-refractivity contribution in [3.63, 3.8) is 0 Å². The highest BCUT2D eigenvalue weighted by atomic mass is 19.1. The van der Waals surface area contributed by atoms with E-state index >= 15 is 4.39 Å². The van der Waals surface area contributed by atoms with Crippen molar-refractivity contribution in [1.29, 1.82) is 0 Å². The van der Waals surface area contributed by atoms with E-state index in [2.05, 4.69) is 4.98 Å². The van der Waals surface area contributed by atoms with Crippen LogP contribution in [0.4, 0.5) is 10.1 Å². The van der Waals surface area contributed by atoms with Crippen molar-refractivity contribution in [2.45, 2.75) is 37.8 Å². The molecule has 0 spiro atoms. The second kappa shape index (κ2) is 9.25. The van der Waals surface area contributed by atoms with Gasteiger partial charge in [0.2, 0.25) is 5.43 Å². The van der Waals surface area contributed by atoms with Crippen molar-refractivity contribution in [3.8, 4) is 5.75 Å². The van der Waals surface area contributed by atoms with Crippen LogP contribution in [0.1, 0.15) is 52.4 Å². The summed E-state index contributed by atoms with van der Waals surface area (Å²) in [5, 5.41) is 9.52. The second-order valence-electron chi connectivity index (χ2n) is 9.35. The number of ether oxygens (including phenoxy) is 1. The number of carbonyl (C=O) groups is 2. The Morgan fingerprint density at radius 3 is 2.69 bits per heavy atom. The Morgan fingerprint density at radius 1 is 1.28 bits per heavy atom. The topological polar surface area (TPSA) is 105 Å². The van der Waals surface area contributed by atoms with Crippen LogP contribution in [-0.4, -0.2) is 64.7 Å². The molecule has 0 radical (unpaired) electrons. The molecule has 1 unspecified atom stereocenters. The Kier molecular flexibility index (Phi) is 6.11. The van der Waals surface area contributed by atoms with Crippen LogP contribution in [-0.2, 0) is 0 Å². The summed E-state index contributed by atoms with van der Waals surface area (Å²) in [6, 6.07) is 4.39. The average molecular weight is 495 g/mol. The third kappa shape index (κ3) is 4.06. The van der Waals surface area contributed by atoms with Crippen LogP contribution in [0, 0.1) is 5.82 Å². The van der Waals surface area contributed by atoms with Gasteiger partial charge in [0.15, 0.2) is 11.6 Å². The summed E-state index contributed by atoms with van der Waals surface area (Å²) in [5.74, 6) is -1.97. The Labute approximate surface area is 206 Å². The van der Waals surface area contributed by atoms with Gasteiger partial charge in [-0.3, -0.25) is 14.6 Å². The number of fused-ring (bicyclic) bond motifs is 1. The van der Waals surface area contributed by atoms with E-state index in [1.54, 1.807) is 34.8 Å². The quantitative estimate of drug-likeness (QED) is 0.561. The van der Waals surface area contributed by atoms with Crippen LogP contribution in [0.2, 0.25) is 0 Å². The summed E-state index contributed by atoms with van der Waals surface area (Å²) in [6.07, 6.45) is 7.62. The van der Waals surface area contributed by atoms with Gasteiger partial charge in [-0.25, -0.2) is 9.18 Å². The molecular formula is C26H27FN4O5. The minimum Gasteiger partial charge on any atom is -0.492 e. The Hall–Kier alpha value is -3.95. The van der Waals surface area contributed by atoms with Gasteiger partial charge in [-0.2, -0.15) is 0 Å². The molecule has 1 atom stereocenters. The lowest BCUT2D eigenvalue weighted by atomic mass is 10.0. The van der Waals surface area contributed by atoms with Gasteiger partial charge in [-0.05, 0) is 43.9 Å². The standard InChI is InChI=1S/C26H27FN4O5/c1-29(25(33)15-5-3-9-28-12-15)17-6-4-10-30(13-17)22-20(27)11-18-21(24(22)36-2)31(16-7-8-16)14-19(23(18)32)26(34)35/h3,5,9,11-12,14,16-17H,4,6-8,10,13H2,1-2H3,(H,34,35). The highest BCUT2D eigenvalue weighted by Crippen LogP contribution is 2.44. The molecule has 2 fully saturated rings. The maximum atomic E-state index is 15.7. The van der Waals surface area contributed by atoms with E-state index in [0.717, 1.165) is 31.7 Å². The number of anilines is 1. The summed E-state index contributed by atoms with van der Waals surface area (Å²) >= 11 is 0. The molecule has 3 heterocycles. The van der Waals surface area contributed by atoms with Crippen LogP contribution < -0.4 is 15.1 Å². The summed E-state index contributed by atoms with van der Waals surface area (Å²) in [4.78, 5) is 45.2.